The maximum absolute atomic E-state index is 12.7. The van der Waals surface area contributed by atoms with Gasteiger partial charge < -0.3 is 19.4 Å². The van der Waals surface area contributed by atoms with Crippen LogP contribution in [0.1, 0.15) is 26.7 Å². The van der Waals surface area contributed by atoms with Gasteiger partial charge in [-0.15, -0.1) is 0 Å². The number of carbonyl (C=O) groups excluding carboxylic acids is 1. The SMILES string of the molecule is CC(C)[C@H](OC[C@H]1CCCO1)C(=O)Nc1cccc(-n2ccnc2)c1. The van der Waals surface area contributed by atoms with Gasteiger partial charge >= 0.3 is 0 Å². The minimum absolute atomic E-state index is 0.0817. The third-order valence-electron chi connectivity index (χ3n) is 4.27. The Hall–Kier alpha value is -2.18. The zero-order chi connectivity index (χ0) is 17.6. The molecule has 2 atom stereocenters. The lowest BCUT2D eigenvalue weighted by Gasteiger charge is -2.22. The summed E-state index contributed by atoms with van der Waals surface area (Å²) in [5.41, 5.74) is 1.68. The summed E-state index contributed by atoms with van der Waals surface area (Å²) in [6, 6.07) is 7.65. The molecule has 6 heteroatoms. The van der Waals surface area contributed by atoms with Crippen LogP contribution in [0.2, 0.25) is 0 Å². The number of aromatic nitrogens is 2. The van der Waals surface area contributed by atoms with E-state index in [0.29, 0.717) is 6.61 Å². The molecule has 134 valence electrons. The van der Waals surface area contributed by atoms with E-state index in [2.05, 4.69) is 10.3 Å². The van der Waals surface area contributed by atoms with Crippen molar-refractivity contribution >= 4 is 11.6 Å². The molecule has 2 aromatic rings. The van der Waals surface area contributed by atoms with Crippen molar-refractivity contribution in [3.05, 3.63) is 43.0 Å². The fourth-order valence-corrected chi connectivity index (χ4v) is 2.93. The van der Waals surface area contributed by atoms with Crippen molar-refractivity contribution in [1.29, 1.82) is 0 Å². The molecule has 0 radical (unpaired) electrons. The molecule has 0 saturated carbocycles. The molecule has 0 unspecified atom stereocenters. The van der Waals surface area contributed by atoms with E-state index in [1.807, 2.05) is 48.9 Å². The second-order valence-electron chi connectivity index (χ2n) is 6.64. The highest BCUT2D eigenvalue weighted by molar-refractivity contribution is 5.94. The fourth-order valence-electron chi connectivity index (χ4n) is 2.93. The Labute approximate surface area is 148 Å². The minimum atomic E-state index is -0.499. The molecule has 1 aromatic carbocycles. The van der Waals surface area contributed by atoms with Gasteiger partial charge in [0.05, 0.1) is 19.0 Å². The Bertz CT molecular complexity index is 679. The number of hydrogen-bond acceptors (Lipinski definition) is 4. The Morgan fingerprint density at radius 3 is 3.04 bits per heavy atom. The van der Waals surface area contributed by atoms with Crippen molar-refractivity contribution in [2.75, 3.05) is 18.5 Å². The first kappa shape index (κ1) is 17.6. The highest BCUT2D eigenvalue weighted by Crippen LogP contribution is 2.18. The molecule has 1 aliphatic rings. The number of carbonyl (C=O) groups is 1. The van der Waals surface area contributed by atoms with Crippen LogP contribution in [0, 0.1) is 5.92 Å². The van der Waals surface area contributed by atoms with Crippen LogP contribution < -0.4 is 5.32 Å². The van der Waals surface area contributed by atoms with Gasteiger partial charge in [-0.05, 0) is 37.0 Å². The van der Waals surface area contributed by atoms with E-state index in [1.165, 1.54) is 0 Å². The number of ether oxygens (including phenoxy) is 2. The summed E-state index contributed by atoms with van der Waals surface area (Å²) in [4.78, 5) is 16.7. The third-order valence-corrected chi connectivity index (χ3v) is 4.27. The van der Waals surface area contributed by atoms with Crippen LogP contribution >= 0.6 is 0 Å². The van der Waals surface area contributed by atoms with Crippen LogP contribution in [0.5, 0.6) is 0 Å². The lowest BCUT2D eigenvalue weighted by molar-refractivity contribution is -0.132. The first-order valence-electron chi connectivity index (χ1n) is 8.76. The molecular formula is C19H25N3O3. The summed E-state index contributed by atoms with van der Waals surface area (Å²) in [5.74, 6) is -0.0472. The van der Waals surface area contributed by atoms with Crippen LogP contribution in [-0.2, 0) is 14.3 Å². The number of imidazole rings is 1. The molecular weight excluding hydrogens is 318 g/mol. The van der Waals surface area contributed by atoms with Crippen LogP contribution in [0.3, 0.4) is 0 Å². The van der Waals surface area contributed by atoms with Gasteiger partial charge in [-0.1, -0.05) is 19.9 Å². The third kappa shape index (κ3) is 4.67. The molecule has 3 rings (SSSR count). The molecule has 1 fully saturated rings. The summed E-state index contributed by atoms with van der Waals surface area (Å²) in [5, 5.41) is 2.96. The normalized spacial score (nSPS) is 18.4. The molecule has 1 N–H and O–H groups in total. The van der Waals surface area contributed by atoms with Crippen LogP contribution in [0.4, 0.5) is 5.69 Å². The molecule has 6 nitrogen and oxygen atoms in total. The van der Waals surface area contributed by atoms with E-state index in [4.69, 9.17) is 9.47 Å². The molecule has 0 aliphatic carbocycles. The quantitative estimate of drug-likeness (QED) is 0.839. The fraction of sp³-hybridized carbons (Fsp3) is 0.474. The summed E-state index contributed by atoms with van der Waals surface area (Å²) < 4.78 is 13.3. The Kier molecular flexibility index (Phi) is 5.83. The van der Waals surface area contributed by atoms with E-state index < -0.39 is 6.10 Å². The monoisotopic (exact) mass is 343 g/mol. The Morgan fingerprint density at radius 1 is 1.48 bits per heavy atom. The second kappa shape index (κ2) is 8.27. The summed E-state index contributed by atoms with van der Waals surface area (Å²) >= 11 is 0. The van der Waals surface area contributed by atoms with Gasteiger partial charge in [0.25, 0.3) is 5.91 Å². The molecule has 1 aliphatic heterocycles. The minimum Gasteiger partial charge on any atom is -0.376 e. The molecule has 0 spiro atoms. The zero-order valence-electron chi connectivity index (χ0n) is 14.7. The molecule has 1 saturated heterocycles. The largest absolute Gasteiger partial charge is 0.376 e. The number of hydrogen-bond donors (Lipinski definition) is 1. The first-order chi connectivity index (χ1) is 12.1. The number of nitrogens with one attached hydrogen (secondary N) is 1. The van der Waals surface area contributed by atoms with Crippen molar-refractivity contribution in [2.45, 2.75) is 38.9 Å². The highest BCUT2D eigenvalue weighted by atomic mass is 16.5. The van der Waals surface area contributed by atoms with Gasteiger partial charge in [0, 0.05) is 30.4 Å². The lowest BCUT2D eigenvalue weighted by Crippen LogP contribution is -2.36. The highest BCUT2D eigenvalue weighted by Gasteiger charge is 2.26. The standard InChI is InChI=1S/C19H25N3O3/c1-14(2)18(25-12-17-7-4-10-24-17)19(23)21-15-5-3-6-16(11-15)22-9-8-20-13-22/h3,5-6,8-9,11,13-14,17-18H,4,7,10,12H2,1-2H3,(H,21,23)/t17-,18+/m1/s1. The average Bonchev–Trinajstić information content (AvgIpc) is 3.29. The number of anilines is 1. The van der Waals surface area contributed by atoms with Crippen LogP contribution in [0.25, 0.3) is 5.69 Å². The van der Waals surface area contributed by atoms with Gasteiger partial charge in [0.15, 0.2) is 0 Å². The van der Waals surface area contributed by atoms with Gasteiger partial charge in [-0.25, -0.2) is 4.98 Å². The maximum Gasteiger partial charge on any atom is 0.253 e. The molecule has 1 aromatic heterocycles. The van der Waals surface area contributed by atoms with E-state index in [-0.39, 0.29) is 17.9 Å². The second-order valence-corrected chi connectivity index (χ2v) is 6.64. The van der Waals surface area contributed by atoms with Crippen molar-refractivity contribution in [1.82, 2.24) is 9.55 Å². The van der Waals surface area contributed by atoms with Crippen LogP contribution in [-0.4, -0.2) is 40.9 Å². The van der Waals surface area contributed by atoms with Crippen LogP contribution in [0.15, 0.2) is 43.0 Å². The van der Waals surface area contributed by atoms with E-state index in [1.54, 1.807) is 12.5 Å². The predicted molar refractivity (Wildman–Crippen MR) is 95.7 cm³/mol. The van der Waals surface area contributed by atoms with Gasteiger partial charge in [0.1, 0.15) is 6.10 Å². The summed E-state index contributed by atoms with van der Waals surface area (Å²) in [6.07, 6.45) is 6.98. The molecule has 25 heavy (non-hydrogen) atoms. The Balaban J connectivity index is 1.63. The van der Waals surface area contributed by atoms with Crippen molar-refractivity contribution in [3.63, 3.8) is 0 Å². The summed E-state index contributed by atoms with van der Waals surface area (Å²) in [6.45, 7) is 5.22. The average molecular weight is 343 g/mol. The van der Waals surface area contributed by atoms with Gasteiger partial charge in [-0.3, -0.25) is 4.79 Å². The topological polar surface area (TPSA) is 65.4 Å². The van der Waals surface area contributed by atoms with Crippen molar-refractivity contribution in [2.24, 2.45) is 5.92 Å². The first-order valence-corrected chi connectivity index (χ1v) is 8.76. The molecule has 2 heterocycles. The molecule has 1 amide bonds. The number of amides is 1. The summed E-state index contributed by atoms with van der Waals surface area (Å²) in [7, 11) is 0. The predicted octanol–water partition coefficient (Wildman–Crippen LogP) is 3.03. The van der Waals surface area contributed by atoms with E-state index >= 15 is 0 Å². The zero-order valence-corrected chi connectivity index (χ0v) is 14.7. The molecule has 0 bridgehead atoms. The number of rotatable bonds is 7. The maximum atomic E-state index is 12.7. The lowest BCUT2D eigenvalue weighted by atomic mass is 10.1. The van der Waals surface area contributed by atoms with Gasteiger partial charge in [-0.2, -0.15) is 0 Å². The van der Waals surface area contributed by atoms with Crippen molar-refractivity contribution < 1.29 is 14.3 Å². The number of nitrogens with zero attached hydrogens (tertiary/aromatic N) is 2. The van der Waals surface area contributed by atoms with E-state index in [0.717, 1.165) is 30.8 Å². The van der Waals surface area contributed by atoms with Crippen molar-refractivity contribution in [3.8, 4) is 5.69 Å². The van der Waals surface area contributed by atoms with E-state index in [9.17, 15) is 4.79 Å². The van der Waals surface area contributed by atoms with Gasteiger partial charge in [0.2, 0.25) is 0 Å². The number of benzene rings is 1. The smallest absolute Gasteiger partial charge is 0.253 e. The Morgan fingerprint density at radius 2 is 2.36 bits per heavy atom.